The first-order valence-electron chi connectivity index (χ1n) is 7.19. The lowest BCUT2D eigenvalue weighted by atomic mass is 10.1. The highest BCUT2D eigenvalue weighted by atomic mass is 32.2. The van der Waals surface area contributed by atoms with Crippen LogP contribution in [0.4, 0.5) is 0 Å². The van der Waals surface area contributed by atoms with Gasteiger partial charge in [0, 0.05) is 11.1 Å². The third kappa shape index (κ3) is 3.52. The zero-order chi connectivity index (χ0) is 16.2. The monoisotopic (exact) mass is 324 g/mol. The Kier molecular flexibility index (Phi) is 4.60. The molecule has 0 aliphatic rings. The molecule has 0 saturated heterocycles. The second-order valence-corrected chi connectivity index (χ2v) is 6.57. The van der Waals surface area contributed by atoms with Crippen molar-refractivity contribution >= 4 is 10.8 Å². The number of pyridine rings is 2. The van der Waals surface area contributed by atoms with Crippen LogP contribution in [-0.4, -0.2) is 19.3 Å². The molecule has 0 bridgehead atoms. The molecule has 2 unspecified atom stereocenters. The number of rotatable bonds is 4. The zero-order valence-electron chi connectivity index (χ0n) is 12.6. The molecule has 0 radical (unpaired) electrons. The van der Waals surface area contributed by atoms with Crippen molar-refractivity contribution in [3.63, 3.8) is 0 Å². The van der Waals surface area contributed by atoms with E-state index >= 15 is 0 Å². The van der Waals surface area contributed by atoms with Crippen LogP contribution in [0.5, 0.6) is 0 Å². The topological polar surface area (TPSA) is 63.1 Å². The Morgan fingerprint density at radius 2 is 1.70 bits per heavy atom. The van der Waals surface area contributed by atoms with Gasteiger partial charge in [0.15, 0.2) is 0 Å². The highest BCUT2D eigenvalue weighted by Crippen LogP contribution is 2.21. The molecular weight excluding hydrogens is 308 g/mol. The van der Waals surface area contributed by atoms with E-state index in [0.717, 1.165) is 5.56 Å². The van der Waals surface area contributed by atoms with Crippen LogP contribution in [0.3, 0.4) is 0 Å². The van der Waals surface area contributed by atoms with Gasteiger partial charge in [0.05, 0.1) is 11.4 Å². The van der Waals surface area contributed by atoms with Gasteiger partial charge >= 0.3 is 0 Å². The fourth-order valence-electron chi connectivity index (χ4n) is 2.16. The molecule has 5 heteroatoms. The number of aromatic nitrogens is 2. The van der Waals surface area contributed by atoms with Crippen LogP contribution >= 0.6 is 0 Å². The van der Waals surface area contributed by atoms with Gasteiger partial charge in [0.1, 0.15) is 21.9 Å². The third-order valence-corrected chi connectivity index (χ3v) is 4.73. The van der Waals surface area contributed by atoms with Crippen LogP contribution in [0.25, 0.3) is 0 Å². The largest absolute Gasteiger partial charge is 0.380 e. The molecule has 1 aromatic carbocycles. The van der Waals surface area contributed by atoms with Crippen LogP contribution in [0.1, 0.15) is 23.1 Å². The molecular formula is C18H16N2O2S. The van der Waals surface area contributed by atoms with Gasteiger partial charge in [-0.25, -0.2) is 9.19 Å². The smallest absolute Gasteiger partial charge is 0.138 e. The highest BCUT2D eigenvalue weighted by molar-refractivity contribution is 7.85. The summed E-state index contributed by atoms with van der Waals surface area (Å²) in [6.07, 6.45) is 0.679. The van der Waals surface area contributed by atoms with Crippen molar-refractivity contribution < 1.29 is 9.32 Å². The van der Waals surface area contributed by atoms with Gasteiger partial charge in [-0.2, -0.15) is 0 Å². The van der Waals surface area contributed by atoms with Gasteiger partial charge in [-0.05, 0) is 43.3 Å². The molecule has 1 N–H and O–H groups in total. The lowest BCUT2D eigenvalue weighted by molar-refractivity contribution is 0.209. The highest BCUT2D eigenvalue weighted by Gasteiger charge is 2.15. The summed E-state index contributed by atoms with van der Waals surface area (Å²) in [7, 11) is -1.38. The third-order valence-electron chi connectivity index (χ3n) is 3.42. The van der Waals surface area contributed by atoms with E-state index in [1.807, 2.05) is 31.2 Å². The molecule has 0 amide bonds. The maximum Gasteiger partial charge on any atom is 0.138 e. The summed E-state index contributed by atoms with van der Waals surface area (Å²) in [6.45, 7) is 1.98. The van der Waals surface area contributed by atoms with Crippen molar-refractivity contribution in [2.75, 3.05) is 0 Å². The molecule has 2 aromatic heterocycles. The van der Waals surface area contributed by atoms with Gasteiger partial charge in [-0.15, -0.1) is 0 Å². The van der Waals surface area contributed by atoms with Crippen LogP contribution in [0, 0.1) is 6.92 Å². The lowest BCUT2D eigenvalue weighted by Gasteiger charge is -2.10. The minimum Gasteiger partial charge on any atom is -0.380 e. The number of benzene rings is 1. The Bertz CT molecular complexity index is 820. The van der Waals surface area contributed by atoms with Gasteiger partial charge in [-0.3, -0.25) is 4.98 Å². The Hall–Kier alpha value is -2.37. The molecule has 116 valence electrons. The minimum absolute atomic E-state index is 0.418. The maximum atomic E-state index is 12.6. The van der Waals surface area contributed by atoms with Crippen LogP contribution in [0.15, 0.2) is 76.8 Å². The van der Waals surface area contributed by atoms with Gasteiger partial charge in [0.25, 0.3) is 0 Å². The number of aliphatic hydroxyl groups is 1. The molecule has 0 fully saturated rings. The summed E-state index contributed by atoms with van der Waals surface area (Å²) in [5.74, 6) is 0. The summed E-state index contributed by atoms with van der Waals surface area (Å²) >= 11 is 0. The Morgan fingerprint density at radius 3 is 2.39 bits per heavy atom. The van der Waals surface area contributed by atoms with Gasteiger partial charge < -0.3 is 5.11 Å². The molecule has 0 aliphatic heterocycles. The average molecular weight is 324 g/mol. The van der Waals surface area contributed by atoms with E-state index in [-0.39, 0.29) is 0 Å². The van der Waals surface area contributed by atoms with Crippen LogP contribution < -0.4 is 0 Å². The second kappa shape index (κ2) is 6.81. The van der Waals surface area contributed by atoms with Crippen molar-refractivity contribution in [1.82, 2.24) is 9.97 Å². The van der Waals surface area contributed by atoms with E-state index in [9.17, 15) is 9.32 Å². The van der Waals surface area contributed by atoms with Crippen molar-refractivity contribution in [3.8, 4) is 0 Å². The lowest BCUT2D eigenvalue weighted by Crippen LogP contribution is -2.06. The molecule has 3 rings (SSSR count). The van der Waals surface area contributed by atoms with Crippen molar-refractivity contribution in [2.24, 2.45) is 0 Å². The number of aliphatic hydroxyl groups excluding tert-OH is 1. The molecule has 0 aliphatic carbocycles. The van der Waals surface area contributed by atoms with Crippen LogP contribution in [-0.2, 0) is 10.8 Å². The summed E-state index contributed by atoms with van der Waals surface area (Å²) < 4.78 is 12.6. The van der Waals surface area contributed by atoms with Gasteiger partial charge in [0.2, 0.25) is 0 Å². The summed E-state index contributed by atoms with van der Waals surface area (Å²) in [4.78, 5) is 9.18. The first kappa shape index (κ1) is 15.5. The molecule has 3 aromatic rings. The maximum absolute atomic E-state index is 12.6. The van der Waals surface area contributed by atoms with E-state index in [1.54, 1.807) is 42.6 Å². The Labute approximate surface area is 137 Å². The first-order chi connectivity index (χ1) is 11.1. The van der Waals surface area contributed by atoms with Gasteiger partial charge in [-0.1, -0.05) is 29.8 Å². The van der Waals surface area contributed by atoms with E-state index < -0.39 is 16.9 Å². The van der Waals surface area contributed by atoms with Crippen molar-refractivity contribution in [3.05, 3.63) is 83.8 Å². The number of aryl methyl sites for hydroxylation is 1. The van der Waals surface area contributed by atoms with E-state index in [0.29, 0.717) is 21.3 Å². The standard InChI is InChI=1S/C18H16N2O2S/c1-13-8-10-14(11-9-13)23(22)17-7-4-6-16(20-17)18(21)15-5-2-3-12-19-15/h2-12,18,21H,1H3. The normalized spacial score (nSPS) is 13.5. The second-order valence-electron chi connectivity index (χ2n) is 5.14. The predicted octanol–water partition coefficient (Wildman–Crippen LogP) is 3.03. The van der Waals surface area contributed by atoms with E-state index in [4.69, 9.17) is 0 Å². The van der Waals surface area contributed by atoms with Crippen molar-refractivity contribution in [2.45, 2.75) is 22.9 Å². The summed E-state index contributed by atoms with van der Waals surface area (Å²) in [6, 6.07) is 18.0. The SMILES string of the molecule is Cc1ccc(S(=O)c2cccc(C(O)c3ccccn3)n2)cc1. The molecule has 4 nitrogen and oxygen atoms in total. The molecule has 0 spiro atoms. The fourth-order valence-corrected chi connectivity index (χ4v) is 3.17. The number of hydrogen-bond donors (Lipinski definition) is 1. The predicted molar refractivity (Wildman–Crippen MR) is 88.4 cm³/mol. The molecule has 23 heavy (non-hydrogen) atoms. The quantitative estimate of drug-likeness (QED) is 0.801. The first-order valence-corrected chi connectivity index (χ1v) is 8.34. The summed E-state index contributed by atoms with van der Waals surface area (Å²) in [5, 5.41) is 10.8. The van der Waals surface area contributed by atoms with E-state index in [2.05, 4.69) is 9.97 Å². The van der Waals surface area contributed by atoms with Crippen LogP contribution in [0.2, 0.25) is 0 Å². The number of nitrogens with zero attached hydrogens (tertiary/aromatic N) is 2. The number of hydrogen-bond acceptors (Lipinski definition) is 4. The van der Waals surface area contributed by atoms with E-state index in [1.165, 1.54) is 0 Å². The average Bonchev–Trinajstić information content (AvgIpc) is 2.62. The Morgan fingerprint density at radius 1 is 0.957 bits per heavy atom. The minimum atomic E-state index is -1.38. The fraction of sp³-hybridized carbons (Fsp3) is 0.111. The zero-order valence-corrected chi connectivity index (χ0v) is 13.4. The molecule has 0 saturated carbocycles. The Balaban J connectivity index is 1.90. The summed E-state index contributed by atoms with van der Waals surface area (Å²) in [5.41, 5.74) is 2.05. The van der Waals surface area contributed by atoms with Crippen molar-refractivity contribution in [1.29, 1.82) is 0 Å². The molecule has 2 atom stereocenters. The molecule has 2 heterocycles.